The zero-order valence-electron chi connectivity index (χ0n) is 20.4. The Hall–Kier alpha value is -4.79. The van der Waals surface area contributed by atoms with Gasteiger partial charge in [0.2, 0.25) is 5.78 Å². The fourth-order valence-corrected chi connectivity index (χ4v) is 4.12. The topological polar surface area (TPSA) is 127 Å². The molecule has 1 amide bonds. The third-order valence-corrected chi connectivity index (χ3v) is 6.15. The van der Waals surface area contributed by atoms with Crippen LogP contribution in [-0.2, 0) is 48.4 Å². The smallest absolute Gasteiger partial charge is 0.377 e. The Bertz CT molecular complexity index is 1350. The molecule has 9 nitrogen and oxygen atoms in total. The number of nitrogens with zero attached hydrogens (tertiary/aromatic N) is 1. The average molecular weight is 516 g/mol. The number of rotatable bonds is 11. The molecule has 1 aliphatic rings. The van der Waals surface area contributed by atoms with Crippen LogP contribution in [0.3, 0.4) is 0 Å². The average Bonchev–Trinajstić information content (AvgIpc) is 3.28. The van der Waals surface area contributed by atoms with Crippen molar-refractivity contribution in [2.45, 2.75) is 38.6 Å². The number of phenols is 1. The Balaban J connectivity index is 1.45. The van der Waals surface area contributed by atoms with Crippen LogP contribution in [0.4, 0.5) is 0 Å². The van der Waals surface area contributed by atoms with Crippen LogP contribution in [0.15, 0.2) is 78.9 Å². The lowest BCUT2D eigenvalue weighted by Gasteiger charge is -2.25. The van der Waals surface area contributed by atoms with Gasteiger partial charge < -0.3 is 19.5 Å². The number of amides is 1. The zero-order valence-corrected chi connectivity index (χ0v) is 20.4. The molecule has 0 saturated heterocycles. The zero-order chi connectivity index (χ0) is 27.1. The van der Waals surface area contributed by atoms with Crippen LogP contribution in [0.25, 0.3) is 0 Å². The summed E-state index contributed by atoms with van der Waals surface area (Å²) < 4.78 is 10.2. The molecule has 1 unspecified atom stereocenters. The van der Waals surface area contributed by atoms with E-state index < -0.39 is 41.9 Å². The third kappa shape index (κ3) is 6.12. The van der Waals surface area contributed by atoms with E-state index in [0.717, 1.165) is 4.90 Å². The number of Topliss-reactive ketones (excluding diaryl/α,β-unsaturated/α-hetero) is 2. The predicted molar refractivity (Wildman–Crippen MR) is 133 cm³/mol. The van der Waals surface area contributed by atoms with Gasteiger partial charge in [0.15, 0.2) is 0 Å². The molecule has 0 bridgehead atoms. The Morgan fingerprint density at radius 2 is 1.37 bits per heavy atom. The number of ketones is 2. The van der Waals surface area contributed by atoms with Crippen LogP contribution in [-0.4, -0.2) is 45.5 Å². The van der Waals surface area contributed by atoms with E-state index >= 15 is 0 Å². The first kappa shape index (κ1) is 26.3. The summed E-state index contributed by atoms with van der Waals surface area (Å²) in [6, 6.07) is 20.6. The first-order valence-corrected chi connectivity index (χ1v) is 12.0. The van der Waals surface area contributed by atoms with Gasteiger partial charge in [0.25, 0.3) is 11.7 Å². The molecule has 9 heteroatoms. The normalized spacial score (nSPS) is 12.9. The molecule has 1 N–H and O–H groups in total. The van der Waals surface area contributed by atoms with Crippen molar-refractivity contribution >= 4 is 29.4 Å². The number of hydrogen-bond donors (Lipinski definition) is 1. The van der Waals surface area contributed by atoms with Gasteiger partial charge in [-0.3, -0.25) is 14.4 Å². The molecule has 4 rings (SSSR count). The molecule has 194 valence electrons. The Kier molecular flexibility index (Phi) is 8.27. The Morgan fingerprint density at radius 3 is 1.95 bits per heavy atom. The second kappa shape index (κ2) is 12.0. The standard InChI is InChI=1S/C29H25NO8/c31-24-13-7-12-21-22(24)16-30(27(21)34)23(26(33)29(36)38-18-20-10-5-2-6-11-20)14-15-25(32)28(35)37-17-19-8-3-1-4-9-19/h1-13,23,31H,14-18H2. The van der Waals surface area contributed by atoms with Crippen LogP contribution in [0, 0.1) is 0 Å². The molecule has 1 aliphatic heterocycles. The number of phenolic OH excluding ortho intramolecular Hbond substituents is 1. The Labute approximate surface area is 218 Å². The van der Waals surface area contributed by atoms with Crippen molar-refractivity contribution in [3.8, 4) is 5.75 Å². The van der Waals surface area contributed by atoms with E-state index in [2.05, 4.69) is 0 Å². The van der Waals surface area contributed by atoms with Crippen molar-refractivity contribution in [1.29, 1.82) is 0 Å². The lowest BCUT2D eigenvalue weighted by molar-refractivity contribution is -0.157. The van der Waals surface area contributed by atoms with Gasteiger partial charge in [-0.15, -0.1) is 0 Å². The molecule has 38 heavy (non-hydrogen) atoms. The summed E-state index contributed by atoms with van der Waals surface area (Å²) >= 11 is 0. The maximum atomic E-state index is 13.2. The van der Waals surface area contributed by atoms with Crippen molar-refractivity contribution < 1.29 is 38.6 Å². The number of aromatic hydroxyl groups is 1. The number of benzene rings is 3. The monoisotopic (exact) mass is 515 g/mol. The van der Waals surface area contributed by atoms with E-state index in [9.17, 15) is 29.1 Å². The van der Waals surface area contributed by atoms with Gasteiger partial charge in [-0.25, -0.2) is 9.59 Å². The van der Waals surface area contributed by atoms with Crippen LogP contribution < -0.4 is 0 Å². The highest BCUT2D eigenvalue weighted by Gasteiger charge is 2.40. The van der Waals surface area contributed by atoms with E-state index in [-0.39, 0.29) is 37.5 Å². The van der Waals surface area contributed by atoms with Gasteiger partial charge in [0.05, 0.1) is 6.54 Å². The molecule has 1 atom stereocenters. The lowest BCUT2D eigenvalue weighted by atomic mass is 10.0. The summed E-state index contributed by atoms with van der Waals surface area (Å²) in [5, 5.41) is 10.2. The van der Waals surface area contributed by atoms with Crippen molar-refractivity contribution in [3.05, 3.63) is 101 Å². The fraction of sp³-hybridized carbons (Fsp3) is 0.207. The summed E-state index contributed by atoms with van der Waals surface area (Å²) in [7, 11) is 0. The van der Waals surface area contributed by atoms with Gasteiger partial charge >= 0.3 is 11.9 Å². The maximum Gasteiger partial charge on any atom is 0.377 e. The molecular formula is C29H25NO8. The minimum Gasteiger partial charge on any atom is -0.508 e. The number of carbonyl (C=O) groups is 5. The summed E-state index contributed by atoms with van der Waals surface area (Å²) in [5.41, 5.74) is 1.86. The number of ether oxygens (including phenoxy) is 2. The molecule has 1 heterocycles. The van der Waals surface area contributed by atoms with E-state index in [0.29, 0.717) is 16.7 Å². The molecule has 0 radical (unpaired) electrons. The first-order chi connectivity index (χ1) is 18.3. The highest BCUT2D eigenvalue weighted by atomic mass is 16.5. The SMILES string of the molecule is O=C(CCC(C(=O)C(=O)OCc1ccccc1)N1Cc2c(O)cccc2C1=O)C(=O)OCc1ccccc1. The van der Waals surface area contributed by atoms with Crippen molar-refractivity contribution in [2.24, 2.45) is 0 Å². The number of fused-ring (bicyclic) bond motifs is 1. The largest absolute Gasteiger partial charge is 0.508 e. The minimum absolute atomic E-state index is 0.0984. The number of hydrogen-bond acceptors (Lipinski definition) is 8. The lowest BCUT2D eigenvalue weighted by Crippen LogP contribution is -2.45. The molecule has 0 fully saturated rings. The molecule has 0 aromatic heterocycles. The fourth-order valence-electron chi connectivity index (χ4n) is 4.12. The summed E-state index contributed by atoms with van der Waals surface area (Å²) in [6.07, 6.45) is -0.749. The van der Waals surface area contributed by atoms with E-state index in [1.54, 1.807) is 60.7 Å². The second-order valence-corrected chi connectivity index (χ2v) is 8.70. The Morgan fingerprint density at radius 1 is 0.789 bits per heavy atom. The molecular weight excluding hydrogens is 490 g/mol. The van der Waals surface area contributed by atoms with Gasteiger partial charge in [0, 0.05) is 17.5 Å². The summed E-state index contributed by atoms with van der Waals surface area (Å²) in [4.78, 5) is 64.7. The van der Waals surface area contributed by atoms with E-state index in [1.165, 1.54) is 18.2 Å². The van der Waals surface area contributed by atoms with Gasteiger partial charge in [0.1, 0.15) is 25.0 Å². The maximum absolute atomic E-state index is 13.2. The van der Waals surface area contributed by atoms with Crippen molar-refractivity contribution in [2.75, 3.05) is 0 Å². The minimum atomic E-state index is -1.39. The molecule has 0 spiro atoms. The number of esters is 2. The molecule has 0 saturated carbocycles. The predicted octanol–water partition coefficient (Wildman–Crippen LogP) is 3.12. The molecule has 0 aliphatic carbocycles. The number of carbonyl (C=O) groups excluding carboxylic acids is 5. The summed E-state index contributed by atoms with van der Waals surface area (Å²) in [6.45, 7) is -0.396. The van der Waals surface area contributed by atoms with E-state index in [4.69, 9.17) is 9.47 Å². The van der Waals surface area contributed by atoms with Gasteiger partial charge in [-0.2, -0.15) is 0 Å². The van der Waals surface area contributed by atoms with Gasteiger partial charge in [-0.05, 0) is 29.7 Å². The molecule has 3 aromatic rings. The first-order valence-electron chi connectivity index (χ1n) is 12.0. The highest BCUT2D eigenvalue weighted by Crippen LogP contribution is 2.32. The van der Waals surface area contributed by atoms with E-state index in [1.807, 2.05) is 0 Å². The van der Waals surface area contributed by atoms with Gasteiger partial charge in [-0.1, -0.05) is 66.7 Å². The van der Waals surface area contributed by atoms with Crippen LogP contribution >= 0.6 is 0 Å². The second-order valence-electron chi connectivity index (χ2n) is 8.70. The summed E-state index contributed by atoms with van der Waals surface area (Å²) in [5.74, 6) is -4.90. The molecule has 3 aromatic carbocycles. The third-order valence-electron chi connectivity index (χ3n) is 6.15. The quantitative estimate of drug-likeness (QED) is 0.305. The van der Waals surface area contributed by atoms with Crippen molar-refractivity contribution in [3.63, 3.8) is 0 Å². The van der Waals surface area contributed by atoms with Crippen LogP contribution in [0.1, 0.15) is 39.9 Å². The van der Waals surface area contributed by atoms with Crippen LogP contribution in [0.2, 0.25) is 0 Å². The van der Waals surface area contributed by atoms with Crippen molar-refractivity contribution in [1.82, 2.24) is 4.90 Å². The highest BCUT2D eigenvalue weighted by molar-refractivity contribution is 6.37. The van der Waals surface area contributed by atoms with Crippen LogP contribution in [0.5, 0.6) is 5.75 Å².